The van der Waals surface area contributed by atoms with Gasteiger partial charge in [-0.1, -0.05) is 17.7 Å². The van der Waals surface area contributed by atoms with E-state index in [-0.39, 0.29) is 12.1 Å². The molecule has 30 heavy (non-hydrogen) atoms. The molecule has 0 fully saturated rings. The number of halogens is 1. The molecule has 1 aliphatic carbocycles. The predicted octanol–water partition coefficient (Wildman–Crippen LogP) is 2.52. The summed E-state index contributed by atoms with van der Waals surface area (Å²) in [5.74, 6) is 2.53. The Labute approximate surface area is 179 Å². The summed E-state index contributed by atoms with van der Waals surface area (Å²) in [6, 6.07) is 3.55. The summed E-state index contributed by atoms with van der Waals surface area (Å²) in [4.78, 5) is 8.79. The van der Waals surface area contributed by atoms with Gasteiger partial charge in [-0.25, -0.2) is 4.98 Å². The number of nitrogens with one attached hydrogen (secondary N) is 2. The Morgan fingerprint density at radius 2 is 2.23 bits per heavy atom. The minimum atomic E-state index is -0.225. The van der Waals surface area contributed by atoms with Gasteiger partial charge in [0.1, 0.15) is 29.3 Å². The Bertz CT molecular complexity index is 987. The summed E-state index contributed by atoms with van der Waals surface area (Å²) in [5.41, 5.74) is 1.08. The largest absolute Gasteiger partial charge is 0.490 e. The average Bonchev–Trinajstić information content (AvgIpc) is 3.15. The van der Waals surface area contributed by atoms with Crippen molar-refractivity contribution in [3.8, 4) is 11.6 Å². The highest BCUT2D eigenvalue weighted by Crippen LogP contribution is 2.31. The van der Waals surface area contributed by atoms with Gasteiger partial charge in [0.2, 0.25) is 5.88 Å². The molecule has 2 unspecified atom stereocenters. The van der Waals surface area contributed by atoms with Gasteiger partial charge in [-0.05, 0) is 6.08 Å². The fraction of sp³-hybridized carbons (Fsp3) is 0.350. The molecule has 0 amide bonds. The number of pyridine rings is 1. The fourth-order valence-electron chi connectivity index (χ4n) is 3.18. The number of nitrogens with zero attached hydrogens (tertiary/aromatic N) is 4. The Hall–Kier alpha value is -3.04. The molecule has 2 N–H and O–H groups in total. The molecule has 0 radical (unpaired) electrons. The highest BCUT2D eigenvalue weighted by Gasteiger charge is 2.27. The molecule has 4 rings (SSSR count). The maximum Gasteiger partial charge on any atom is 0.233 e. The van der Waals surface area contributed by atoms with Crippen molar-refractivity contribution in [2.75, 3.05) is 25.6 Å². The maximum absolute atomic E-state index is 6.34. The molecule has 2 aromatic rings. The fourth-order valence-corrected chi connectivity index (χ4v) is 3.38. The van der Waals surface area contributed by atoms with Gasteiger partial charge in [0.15, 0.2) is 5.82 Å². The van der Waals surface area contributed by atoms with E-state index in [1.165, 1.54) is 0 Å². The highest BCUT2D eigenvalue weighted by atomic mass is 35.5. The van der Waals surface area contributed by atoms with E-state index in [0.29, 0.717) is 36.3 Å². The third-order valence-electron chi connectivity index (χ3n) is 4.62. The summed E-state index contributed by atoms with van der Waals surface area (Å²) >= 11 is 6.34. The summed E-state index contributed by atoms with van der Waals surface area (Å²) in [7, 11) is 3.49. The lowest BCUT2D eigenvalue weighted by molar-refractivity contribution is 0.146. The third kappa shape index (κ3) is 4.74. The normalized spacial score (nSPS) is 20.0. The van der Waals surface area contributed by atoms with Crippen molar-refractivity contribution in [2.45, 2.75) is 18.6 Å². The summed E-state index contributed by atoms with van der Waals surface area (Å²) in [6.07, 6.45) is 9.55. The number of hydrogen-bond acceptors (Lipinski definition) is 8. The van der Waals surface area contributed by atoms with Crippen LogP contribution in [0.5, 0.6) is 11.6 Å². The molecule has 9 nitrogen and oxygen atoms in total. The average molecular weight is 431 g/mol. The number of hydrogen-bond donors (Lipinski definition) is 2. The second-order valence-electron chi connectivity index (χ2n) is 6.81. The first-order valence-corrected chi connectivity index (χ1v) is 9.90. The van der Waals surface area contributed by atoms with Crippen LogP contribution in [0.3, 0.4) is 0 Å². The van der Waals surface area contributed by atoms with Crippen LogP contribution in [0, 0.1) is 0 Å². The van der Waals surface area contributed by atoms with Gasteiger partial charge in [0.05, 0.1) is 25.2 Å². The van der Waals surface area contributed by atoms with Crippen LogP contribution in [0.25, 0.3) is 0 Å². The first-order valence-electron chi connectivity index (χ1n) is 9.52. The van der Waals surface area contributed by atoms with E-state index in [1.807, 2.05) is 31.5 Å². The molecule has 3 heterocycles. The zero-order valence-corrected chi connectivity index (χ0v) is 17.5. The monoisotopic (exact) mass is 430 g/mol. The number of fused-ring (bicyclic) bond motifs is 1. The molecule has 2 atom stereocenters. The minimum Gasteiger partial charge on any atom is -0.490 e. The molecule has 0 saturated heterocycles. The van der Waals surface area contributed by atoms with Gasteiger partial charge in [-0.15, -0.1) is 0 Å². The molecule has 0 bridgehead atoms. The molecule has 2 aliphatic rings. The Kier molecular flexibility index (Phi) is 6.20. The molecule has 1 aliphatic heterocycles. The van der Waals surface area contributed by atoms with E-state index < -0.39 is 0 Å². The molecule has 158 valence electrons. The van der Waals surface area contributed by atoms with E-state index in [1.54, 1.807) is 30.4 Å². The Morgan fingerprint density at radius 1 is 1.33 bits per heavy atom. The minimum absolute atomic E-state index is 0.0442. The number of ether oxygens (including phenoxy) is 3. The van der Waals surface area contributed by atoms with Crippen molar-refractivity contribution in [3.63, 3.8) is 0 Å². The van der Waals surface area contributed by atoms with Crippen molar-refractivity contribution in [3.05, 3.63) is 53.1 Å². The van der Waals surface area contributed by atoms with E-state index in [4.69, 9.17) is 25.8 Å². The van der Waals surface area contributed by atoms with Crippen molar-refractivity contribution in [1.29, 1.82) is 0 Å². The maximum atomic E-state index is 6.34. The summed E-state index contributed by atoms with van der Waals surface area (Å²) < 4.78 is 18.3. The zero-order valence-electron chi connectivity index (χ0n) is 16.7. The van der Waals surface area contributed by atoms with Gasteiger partial charge >= 0.3 is 0 Å². The van der Waals surface area contributed by atoms with Crippen LogP contribution in [0.1, 0.15) is 6.42 Å². The first kappa shape index (κ1) is 20.2. The zero-order chi connectivity index (χ0) is 20.9. The second kappa shape index (κ2) is 9.19. The lowest BCUT2D eigenvalue weighted by Crippen LogP contribution is -2.34. The number of anilines is 1. The van der Waals surface area contributed by atoms with E-state index in [9.17, 15) is 0 Å². The number of aromatic nitrogens is 3. The van der Waals surface area contributed by atoms with Crippen LogP contribution < -0.4 is 20.1 Å². The smallest absolute Gasteiger partial charge is 0.233 e. The van der Waals surface area contributed by atoms with Gasteiger partial charge in [0.25, 0.3) is 0 Å². The lowest BCUT2D eigenvalue weighted by atomic mass is 9.93. The molecular weight excluding hydrogens is 408 g/mol. The van der Waals surface area contributed by atoms with Gasteiger partial charge in [0, 0.05) is 44.5 Å². The van der Waals surface area contributed by atoms with Crippen molar-refractivity contribution < 1.29 is 14.2 Å². The number of rotatable bonds is 8. The Balaban J connectivity index is 1.46. The number of aliphatic imine (C=N–C) groups is 1. The van der Waals surface area contributed by atoms with Crippen molar-refractivity contribution in [1.82, 2.24) is 20.1 Å². The highest BCUT2D eigenvalue weighted by molar-refractivity contribution is 6.31. The lowest BCUT2D eigenvalue weighted by Gasteiger charge is -2.29. The molecule has 10 heteroatoms. The standard InChI is InChI=1S/C20H23ClN6O3/c1-27-6-5-18(26-27)25-19-15-9-13(3-4-17(15)23-12-24-19)30-20-16(21)10-14(11-22-20)29-8-7-28-2/h3-6,10-13,17H,7-9H2,1-2H3,(H,23,24)(H,25,26). The van der Waals surface area contributed by atoms with E-state index in [0.717, 1.165) is 17.2 Å². The van der Waals surface area contributed by atoms with Crippen molar-refractivity contribution in [2.24, 2.45) is 12.0 Å². The summed E-state index contributed by atoms with van der Waals surface area (Å²) in [5, 5.41) is 11.2. The van der Waals surface area contributed by atoms with Gasteiger partial charge in [-0.3, -0.25) is 9.67 Å². The van der Waals surface area contributed by atoms with Gasteiger partial charge in [-0.2, -0.15) is 5.10 Å². The Morgan fingerprint density at radius 3 is 3.00 bits per heavy atom. The molecular formula is C20H23ClN6O3. The van der Waals surface area contributed by atoms with Gasteiger partial charge < -0.3 is 24.8 Å². The quantitative estimate of drug-likeness (QED) is 0.490. The summed E-state index contributed by atoms with van der Waals surface area (Å²) in [6.45, 7) is 0.916. The number of methoxy groups -OCH3 is 1. The van der Waals surface area contributed by atoms with E-state index >= 15 is 0 Å². The van der Waals surface area contributed by atoms with Crippen LogP contribution in [0.4, 0.5) is 5.82 Å². The topological polar surface area (TPSA) is 94.8 Å². The molecule has 0 spiro atoms. The van der Waals surface area contributed by atoms with Crippen LogP contribution in [-0.2, 0) is 11.8 Å². The number of aryl methyl sites for hydroxylation is 1. The van der Waals surface area contributed by atoms with Crippen molar-refractivity contribution >= 4 is 23.8 Å². The molecule has 0 saturated carbocycles. The van der Waals surface area contributed by atoms with Crippen LogP contribution >= 0.6 is 11.6 Å². The second-order valence-corrected chi connectivity index (χ2v) is 7.22. The molecule has 0 aromatic carbocycles. The van der Waals surface area contributed by atoms with Crippen LogP contribution in [-0.4, -0.2) is 53.6 Å². The van der Waals surface area contributed by atoms with Crippen LogP contribution in [0.15, 0.2) is 53.1 Å². The first-order chi connectivity index (χ1) is 14.6. The predicted molar refractivity (Wildman–Crippen MR) is 114 cm³/mol. The third-order valence-corrected chi connectivity index (χ3v) is 4.89. The van der Waals surface area contributed by atoms with E-state index in [2.05, 4.69) is 25.7 Å². The SMILES string of the molecule is COCCOc1cnc(OC2C=CC3N=CNC(Nc4ccn(C)n4)=C3C2)c(Cl)c1. The molecule has 2 aromatic heterocycles. The van der Waals surface area contributed by atoms with Crippen LogP contribution in [0.2, 0.25) is 5.02 Å².